The molecule has 2 saturated heterocycles. The van der Waals surface area contributed by atoms with E-state index in [0.29, 0.717) is 19.6 Å². The van der Waals surface area contributed by atoms with E-state index < -0.39 is 5.41 Å². The Morgan fingerprint density at radius 3 is 2.69 bits per heavy atom. The quantitative estimate of drug-likeness (QED) is 0.613. The molecule has 0 radical (unpaired) electrons. The largest absolute Gasteiger partial charge is 0.338 e. The maximum atomic E-state index is 14.0. The van der Waals surface area contributed by atoms with Gasteiger partial charge in [0.2, 0.25) is 5.91 Å². The van der Waals surface area contributed by atoms with Crippen LogP contribution in [0.1, 0.15) is 44.6 Å². The van der Waals surface area contributed by atoms with Crippen LogP contribution in [0.4, 0.5) is 0 Å². The first kappa shape index (κ1) is 20.9. The Kier molecular flexibility index (Phi) is 5.33. The van der Waals surface area contributed by atoms with E-state index in [-0.39, 0.29) is 17.7 Å². The fraction of sp³-hybridized carbons (Fsp3) is 0.417. The molecule has 2 fully saturated rings. The van der Waals surface area contributed by atoms with Crippen molar-refractivity contribution in [3.63, 3.8) is 0 Å². The Labute approximate surface area is 191 Å². The molecule has 7 nitrogen and oxygen atoms in total. The van der Waals surface area contributed by atoms with Crippen molar-refractivity contribution < 1.29 is 9.59 Å². The summed E-state index contributed by atoms with van der Waals surface area (Å²) in [5.74, 6) is 0.0865. The molecule has 0 aliphatic carbocycles. The van der Waals surface area contributed by atoms with Gasteiger partial charge in [0.1, 0.15) is 0 Å². The SMILES string of the molecule is Cc1ccc(C(=O)N2C[C@@H](c3ccnn3C)[C@@]3(CCCN(Cc4ccncc4)C3=O)C2)s1. The summed E-state index contributed by atoms with van der Waals surface area (Å²) in [7, 11) is 1.91. The topological polar surface area (TPSA) is 71.3 Å². The lowest BCUT2D eigenvalue weighted by atomic mass is 9.70. The number of carbonyl (C=O) groups is 2. The van der Waals surface area contributed by atoms with Gasteiger partial charge in [-0.25, -0.2) is 0 Å². The van der Waals surface area contributed by atoms with E-state index in [9.17, 15) is 9.59 Å². The summed E-state index contributed by atoms with van der Waals surface area (Å²) in [6, 6.07) is 9.77. The molecule has 32 heavy (non-hydrogen) atoms. The number of hydrogen-bond acceptors (Lipinski definition) is 5. The van der Waals surface area contributed by atoms with Crippen LogP contribution in [0.5, 0.6) is 0 Å². The van der Waals surface area contributed by atoms with E-state index >= 15 is 0 Å². The molecule has 0 saturated carbocycles. The molecular formula is C24H27N5O2S. The molecule has 2 amide bonds. The van der Waals surface area contributed by atoms with Crippen LogP contribution in [-0.4, -0.2) is 56.0 Å². The highest BCUT2D eigenvalue weighted by Gasteiger charge is 2.57. The van der Waals surface area contributed by atoms with Gasteiger partial charge in [-0.05, 0) is 55.7 Å². The molecule has 5 heterocycles. The summed E-state index contributed by atoms with van der Waals surface area (Å²) in [4.78, 5) is 37.2. The van der Waals surface area contributed by atoms with Crippen molar-refractivity contribution >= 4 is 23.2 Å². The third-order valence-electron chi connectivity index (χ3n) is 6.88. The van der Waals surface area contributed by atoms with Crippen LogP contribution >= 0.6 is 11.3 Å². The fourth-order valence-electron chi connectivity index (χ4n) is 5.31. The van der Waals surface area contributed by atoms with Gasteiger partial charge in [-0.1, -0.05) is 0 Å². The van der Waals surface area contributed by atoms with Gasteiger partial charge >= 0.3 is 0 Å². The predicted molar refractivity (Wildman–Crippen MR) is 122 cm³/mol. The molecule has 1 spiro atoms. The summed E-state index contributed by atoms with van der Waals surface area (Å²) < 4.78 is 1.85. The monoisotopic (exact) mass is 449 g/mol. The minimum atomic E-state index is -0.624. The molecule has 0 unspecified atom stereocenters. The number of amides is 2. The van der Waals surface area contributed by atoms with E-state index in [1.165, 1.54) is 11.3 Å². The van der Waals surface area contributed by atoms with E-state index in [0.717, 1.165) is 40.4 Å². The van der Waals surface area contributed by atoms with E-state index in [2.05, 4.69) is 10.1 Å². The number of piperidine rings is 1. The van der Waals surface area contributed by atoms with E-state index in [1.807, 2.05) is 58.8 Å². The Morgan fingerprint density at radius 2 is 2.00 bits per heavy atom. The lowest BCUT2D eigenvalue weighted by Gasteiger charge is -2.42. The molecule has 3 aromatic rings. The van der Waals surface area contributed by atoms with E-state index in [4.69, 9.17) is 0 Å². The Hall–Kier alpha value is -3.00. The number of rotatable bonds is 4. The summed E-state index contributed by atoms with van der Waals surface area (Å²) in [6.45, 7) is 4.29. The second-order valence-electron chi connectivity index (χ2n) is 8.87. The molecule has 5 rings (SSSR count). The highest BCUT2D eigenvalue weighted by Crippen LogP contribution is 2.50. The van der Waals surface area contributed by atoms with Crippen LogP contribution in [-0.2, 0) is 18.4 Å². The predicted octanol–water partition coefficient (Wildman–Crippen LogP) is 3.23. The summed E-state index contributed by atoms with van der Waals surface area (Å²) >= 11 is 1.51. The summed E-state index contributed by atoms with van der Waals surface area (Å²) in [5.41, 5.74) is 1.46. The van der Waals surface area contributed by atoms with Crippen LogP contribution in [0.15, 0.2) is 48.9 Å². The van der Waals surface area contributed by atoms with Crippen LogP contribution < -0.4 is 0 Å². The van der Waals surface area contributed by atoms with Gasteiger partial charge < -0.3 is 9.80 Å². The molecule has 0 bridgehead atoms. The number of thiophene rings is 1. The zero-order valence-electron chi connectivity index (χ0n) is 18.4. The minimum absolute atomic E-state index is 0.0196. The summed E-state index contributed by atoms with van der Waals surface area (Å²) in [6.07, 6.45) is 7.00. The van der Waals surface area contributed by atoms with Gasteiger partial charge in [0.05, 0.1) is 10.3 Å². The van der Waals surface area contributed by atoms with Gasteiger partial charge in [-0.3, -0.25) is 19.3 Å². The number of aryl methyl sites for hydroxylation is 2. The average Bonchev–Trinajstić information content (AvgIpc) is 3.51. The highest BCUT2D eigenvalue weighted by atomic mass is 32.1. The third kappa shape index (κ3) is 3.52. The lowest BCUT2D eigenvalue weighted by molar-refractivity contribution is -0.147. The van der Waals surface area contributed by atoms with Crippen molar-refractivity contribution in [2.45, 2.75) is 32.2 Å². The van der Waals surface area contributed by atoms with Crippen LogP contribution in [0.3, 0.4) is 0 Å². The normalized spacial score (nSPS) is 23.3. The van der Waals surface area contributed by atoms with Gasteiger partial charge in [0.15, 0.2) is 0 Å². The fourth-order valence-corrected chi connectivity index (χ4v) is 6.15. The molecule has 8 heteroatoms. The number of pyridine rings is 1. The Morgan fingerprint density at radius 1 is 1.19 bits per heavy atom. The highest BCUT2D eigenvalue weighted by molar-refractivity contribution is 7.13. The van der Waals surface area contributed by atoms with Crippen molar-refractivity contribution in [2.24, 2.45) is 12.5 Å². The molecule has 2 atom stereocenters. The van der Waals surface area contributed by atoms with Gasteiger partial charge in [0, 0.05) is 68.3 Å². The standard InChI is InChI=1S/C24H27N5O2S/c1-17-4-5-21(32-17)22(30)29-15-19(20-8-12-26-27(20)2)24(16-29)9-3-13-28(23(24)31)14-18-6-10-25-11-7-18/h4-8,10-12,19H,3,9,13-16H2,1-2H3/t19-,24+/m0/s1. The maximum Gasteiger partial charge on any atom is 0.263 e. The Balaban J connectivity index is 1.49. The lowest BCUT2D eigenvalue weighted by Crippen LogP contribution is -2.52. The number of aromatic nitrogens is 3. The minimum Gasteiger partial charge on any atom is -0.338 e. The molecule has 0 aromatic carbocycles. The van der Waals surface area contributed by atoms with Crippen LogP contribution in [0.25, 0.3) is 0 Å². The Bertz CT molecular complexity index is 1140. The molecule has 2 aliphatic heterocycles. The molecule has 0 N–H and O–H groups in total. The number of carbonyl (C=O) groups excluding carboxylic acids is 2. The van der Waals surface area contributed by atoms with Gasteiger partial charge in [-0.2, -0.15) is 5.10 Å². The molecule has 166 valence electrons. The molecular weight excluding hydrogens is 422 g/mol. The second kappa shape index (κ2) is 8.16. The number of likely N-dealkylation sites (tertiary alicyclic amines) is 2. The zero-order chi connectivity index (χ0) is 22.3. The van der Waals surface area contributed by atoms with Crippen molar-refractivity contribution in [3.05, 3.63) is 69.9 Å². The maximum absolute atomic E-state index is 14.0. The zero-order valence-corrected chi connectivity index (χ0v) is 19.2. The number of hydrogen-bond donors (Lipinski definition) is 0. The van der Waals surface area contributed by atoms with Crippen molar-refractivity contribution in [1.29, 1.82) is 0 Å². The van der Waals surface area contributed by atoms with Crippen molar-refractivity contribution in [3.8, 4) is 0 Å². The smallest absolute Gasteiger partial charge is 0.263 e. The summed E-state index contributed by atoms with van der Waals surface area (Å²) in [5, 5.41) is 4.37. The second-order valence-corrected chi connectivity index (χ2v) is 10.2. The first-order valence-corrected chi connectivity index (χ1v) is 11.8. The van der Waals surface area contributed by atoms with Crippen LogP contribution in [0.2, 0.25) is 0 Å². The molecule has 3 aromatic heterocycles. The molecule has 2 aliphatic rings. The first-order chi connectivity index (χ1) is 15.5. The van der Waals surface area contributed by atoms with Gasteiger partial charge in [0.25, 0.3) is 5.91 Å². The average molecular weight is 450 g/mol. The number of nitrogens with zero attached hydrogens (tertiary/aromatic N) is 5. The first-order valence-electron chi connectivity index (χ1n) is 11.0. The van der Waals surface area contributed by atoms with Crippen molar-refractivity contribution in [2.75, 3.05) is 19.6 Å². The van der Waals surface area contributed by atoms with Crippen molar-refractivity contribution in [1.82, 2.24) is 24.6 Å². The third-order valence-corrected chi connectivity index (χ3v) is 7.87. The van der Waals surface area contributed by atoms with Gasteiger partial charge in [-0.15, -0.1) is 11.3 Å². The van der Waals surface area contributed by atoms with Crippen LogP contribution in [0, 0.1) is 12.3 Å². The van der Waals surface area contributed by atoms with E-state index in [1.54, 1.807) is 18.6 Å².